The molecule has 1 N–H and O–H groups in total. The fourth-order valence-electron chi connectivity index (χ4n) is 3.06. The van der Waals surface area contributed by atoms with Crippen LogP contribution in [0, 0.1) is 5.41 Å². The number of epoxide rings is 1. The molecule has 1 aliphatic carbocycles. The highest BCUT2D eigenvalue weighted by Gasteiger charge is 2.75. The van der Waals surface area contributed by atoms with Crippen LogP contribution in [0.15, 0.2) is 12.2 Å². The van der Waals surface area contributed by atoms with Crippen LogP contribution in [0.25, 0.3) is 0 Å². The number of carbonyl (C=O) groups excluding carboxylic acids is 1. The molecular weight excluding hydrogens is 204 g/mol. The number of ketones is 1. The van der Waals surface area contributed by atoms with Gasteiger partial charge in [0.1, 0.15) is 5.60 Å². The van der Waals surface area contributed by atoms with E-state index in [1.165, 1.54) is 6.92 Å². The van der Waals surface area contributed by atoms with Gasteiger partial charge < -0.3 is 9.84 Å². The molecule has 1 aliphatic heterocycles. The SMILES string of the molecule is CC(=O)/C=C/[C@@]12O[C@]1(C)CC[C@H](O)C2(C)C. The number of aliphatic hydroxyl groups is 1. The topological polar surface area (TPSA) is 49.8 Å². The standard InChI is InChI=1S/C13H20O3/c1-9(14)5-8-13-11(2,3)10(15)6-7-12(13,4)16-13/h5,8,10,15H,6-7H2,1-4H3/b8-5+/t10-,12+,13-/m0/s1. The van der Waals surface area contributed by atoms with Crippen LogP contribution < -0.4 is 0 Å². The minimum absolute atomic E-state index is 0.0167. The zero-order chi connectivity index (χ0) is 12.2. The fraction of sp³-hybridized carbons (Fsp3) is 0.769. The van der Waals surface area contributed by atoms with Crippen molar-refractivity contribution in [2.75, 3.05) is 0 Å². The molecule has 90 valence electrons. The minimum atomic E-state index is -0.469. The number of ether oxygens (including phenoxy) is 1. The molecule has 3 atom stereocenters. The van der Waals surface area contributed by atoms with Crippen LogP contribution in [0.5, 0.6) is 0 Å². The van der Waals surface area contributed by atoms with Crippen LogP contribution in [0.4, 0.5) is 0 Å². The number of aliphatic hydroxyl groups excluding tert-OH is 1. The second kappa shape index (κ2) is 3.17. The summed E-state index contributed by atoms with van der Waals surface area (Å²) < 4.78 is 5.89. The maximum atomic E-state index is 11.0. The van der Waals surface area contributed by atoms with Gasteiger partial charge in [0.15, 0.2) is 5.78 Å². The molecule has 3 heteroatoms. The first-order valence-corrected chi connectivity index (χ1v) is 5.83. The lowest BCUT2D eigenvalue weighted by Gasteiger charge is -2.40. The van der Waals surface area contributed by atoms with Gasteiger partial charge in [-0.2, -0.15) is 0 Å². The van der Waals surface area contributed by atoms with Crippen LogP contribution in [0.1, 0.15) is 40.5 Å². The van der Waals surface area contributed by atoms with Gasteiger partial charge in [0.25, 0.3) is 0 Å². The first-order chi connectivity index (χ1) is 7.25. The van der Waals surface area contributed by atoms with Crippen LogP contribution in [-0.4, -0.2) is 28.2 Å². The van der Waals surface area contributed by atoms with Gasteiger partial charge in [-0.05, 0) is 38.8 Å². The summed E-state index contributed by atoms with van der Waals surface area (Å²) in [6.45, 7) is 7.60. The van der Waals surface area contributed by atoms with E-state index in [1.54, 1.807) is 6.08 Å². The van der Waals surface area contributed by atoms with E-state index in [-0.39, 0.29) is 22.9 Å². The number of hydrogen-bond donors (Lipinski definition) is 1. The zero-order valence-electron chi connectivity index (χ0n) is 10.4. The number of allylic oxidation sites excluding steroid dienone is 1. The summed E-state index contributed by atoms with van der Waals surface area (Å²) in [5.74, 6) is 0.0167. The Morgan fingerprint density at radius 1 is 1.44 bits per heavy atom. The Morgan fingerprint density at radius 3 is 2.62 bits per heavy atom. The molecule has 0 spiro atoms. The number of hydrogen-bond acceptors (Lipinski definition) is 3. The third-order valence-corrected chi connectivity index (χ3v) is 4.37. The average molecular weight is 224 g/mol. The first-order valence-electron chi connectivity index (χ1n) is 5.83. The zero-order valence-corrected chi connectivity index (χ0v) is 10.4. The quantitative estimate of drug-likeness (QED) is 0.575. The molecule has 2 fully saturated rings. The number of carbonyl (C=O) groups is 1. The maximum absolute atomic E-state index is 11.0. The highest BCUT2D eigenvalue weighted by atomic mass is 16.6. The van der Waals surface area contributed by atoms with Gasteiger partial charge in [0.2, 0.25) is 0 Å². The predicted molar refractivity (Wildman–Crippen MR) is 61.1 cm³/mol. The molecule has 0 aromatic rings. The monoisotopic (exact) mass is 224 g/mol. The van der Waals surface area contributed by atoms with Crippen molar-refractivity contribution >= 4 is 5.78 Å². The van der Waals surface area contributed by atoms with Crippen molar-refractivity contribution in [3.05, 3.63) is 12.2 Å². The molecule has 0 aromatic heterocycles. The summed E-state index contributed by atoms with van der Waals surface area (Å²) in [5, 5.41) is 10.1. The van der Waals surface area contributed by atoms with Crippen molar-refractivity contribution in [2.45, 2.75) is 57.8 Å². The Balaban J connectivity index is 2.35. The lowest BCUT2D eigenvalue weighted by atomic mass is 9.62. The van der Waals surface area contributed by atoms with Crippen molar-refractivity contribution in [2.24, 2.45) is 5.41 Å². The van der Waals surface area contributed by atoms with Crippen molar-refractivity contribution in [1.82, 2.24) is 0 Å². The van der Waals surface area contributed by atoms with Gasteiger partial charge in [-0.15, -0.1) is 0 Å². The van der Waals surface area contributed by atoms with Crippen LogP contribution in [-0.2, 0) is 9.53 Å². The summed E-state index contributed by atoms with van der Waals surface area (Å²) >= 11 is 0. The van der Waals surface area contributed by atoms with E-state index in [1.807, 2.05) is 19.9 Å². The Hall–Kier alpha value is -0.670. The van der Waals surface area contributed by atoms with E-state index in [2.05, 4.69) is 6.92 Å². The molecule has 0 unspecified atom stereocenters. The van der Waals surface area contributed by atoms with E-state index in [0.29, 0.717) is 0 Å². The molecular formula is C13H20O3. The average Bonchev–Trinajstić information content (AvgIpc) is 2.80. The molecule has 0 bridgehead atoms. The second-order valence-corrected chi connectivity index (χ2v) is 5.79. The molecule has 0 radical (unpaired) electrons. The van der Waals surface area contributed by atoms with Gasteiger partial charge >= 0.3 is 0 Å². The Kier molecular flexibility index (Phi) is 2.34. The van der Waals surface area contributed by atoms with Crippen LogP contribution in [0.3, 0.4) is 0 Å². The molecule has 2 aliphatic rings. The van der Waals surface area contributed by atoms with Gasteiger partial charge in [-0.1, -0.05) is 13.8 Å². The summed E-state index contributed by atoms with van der Waals surface area (Å²) in [6, 6.07) is 0. The third kappa shape index (κ3) is 1.31. The van der Waals surface area contributed by atoms with Crippen molar-refractivity contribution in [3.8, 4) is 0 Å². The summed E-state index contributed by atoms with van der Waals surface area (Å²) in [6.07, 6.45) is 4.64. The van der Waals surface area contributed by atoms with Gasteiger partial charge in [-0.25, -0.2) is 0 Å². The first kappa shape index (κ1) is 11.8. The maximum Gasteiger partial charge on any atom is 0.152 e. The normalized spacial score (nSPS) is 45.4. The van der Waals surface area contributed by atoms with E-state index < -0.39 is 5.60 Å². The lowest BCUT2D eigenvalue weighted by molar-refractivity contribution is -0.112. The number of rotatable bonds is 2. The molecule has 3 nitrogen and oxygen atoms in total. The number of fused-ring (bicyclic) bond motifs is 1. The Labute approximate surface area is 96.5 Å². The minimum Gasteiger partial charge on any atom is -0.392 e. The summed E-state index contributed by atoms with van der Waals surface area (Å²) in [4.78, 5) is 11.0. The van der Waals surface area contributed by atoms with Crippen molar-refractivity contribution in [3.63, 3.8) is 0 Å². The van der Waals surface area contributed by atoms with Crippen molar-refractivity contribution < 1.29 is 14.6 Å². The smallest absolute Gasteiger partial charge is 0.152 e. The molecule has 1 saturated heterocycles. The predicted octanol–water partition coefficient (Wildman–Crippen LogP) is 1.84. The lowest BCUT2D eigenvalue weighted by Crippen LogP contribution is -2.49. The molecule has 1 heterocycles. The highest BCUT2D eigenvalue weighted by Crippen LogP contribution is 2.65. The highest BCUT2D eigenvalue weighted by molar-refractivity contribution is 5.87. The van der Waals surface area contributed by atoms with Crippen LogP contribution in [0.2, 0.25) is 0 Å². The van der Waals surface area contributed by atoms with Gasteiger partial charge in [0, 0.05) is 5.41 Å². The molecule has 16 heavy (non-hydrogen) atoms. The molecule has 0 amide bonds. The largest absolute Gasteiger partial charge is 0.392 e. The molecule has 0 aromatic carbocycles. The fourth-order valence-corrected chi connectivity index (χ4v) is 3.06. The van der Waals surface area contributed by atoms with E-state index in [4.69, 9.17) is 4.74 Å². The summed E-state index contributed by atoms with van der Waals surface area (Å²) in [5.41, 5.74) is -1.02. The third-order valence-electron chi connectivity index (χ3n) is 4.37. The van der Waals surface area contributed by atoms with E-state index >= 15 is 0 Å². The van der Waals surface area contributed by atoms with Gasteiger partial charge in [-0.3, -0.25) is 4.79 Å². The summed E-state index contributed by atoms with van der Waals surface area (Å²) in [7, 11) is 0. The van der Waals surface area contributed by atoms with E-state index in [9.17, 15) is 9.90 Å². The second-order valence-electron chi connectivity index (χ2n) is 5.79. The van der Waals surface area contributed by atoms with Crippen molar-refractivity contribution in [1.29, 1.82) is 0 Å². The Bertz CT molecular complexity index is 358. The molecule has 1 saturated carbocycles. The molecule has 2 rings (SSSR count). The van der Waals surface area contributed by atoms with Crippen LogP contribution >= 0.6 is 0 Å². The Morgan fingerprint density at radius 2 is 2.06 bits per heavy atom. The van der Waals surface area contributed by atoms with Gasteiger partial charge in [0.05, 0.1) is 11.7 Å². The van der Waals surface area contributed by atoms with E-state index in [0.717, 1.165) is 12.8 Å².